The van der Waals surface area contributed by atoms with Crippen LogP contribution in [0.4, 0.5) is 0 Å². The van der Waals surface area contributed by atoms with Gasteiger partial charge in [-0.25, -0.2) is 9.97 Å². The number of aromatic nitrogens is 2. The third-order valence-corrected chi connectivity index (χ3v) is 10.7. The number of fused-ring (bicyclic) bond motifs is 10. The Morgan fingerprint density at radius 1 is 0.358 bits per heavy atom. The lowest BCUT2D eigenvalue weighted by Crippen LogP contribution is -2.25. The first-order valence-corrected chi connectivity index (χ1v) is 17.6. The van der Waals surface area contributed by atoms with Crippen LogP contribution in [0.5, 0.6) is 0 Å². The fourth-order valence-corrected chi connectivity index (χ4v) is 8.50. The minimum Gasteiger partial charge on any atom is -0.228 e. The van der Waals surface area contributed by atoms with Crippen molar-refractivity contribution in [1.29, 1.82) is 10.5 Å². The van der Waals surface area contributed by atoms with Crippen LogP contribution in [-0.2, 0) is 5.41 Å². The molecule has 244 valence electrons. The molecule has 7 aromatic carbocycles. The molecule has 1 aromatic heterocycles. The van der Waals surface area contributed by atoms with Gasteiger partial charge in [-0.15, -0.1) is 0 Å². The highest BCUT2D eigenvalue weighted by Crippen LogP contribution is 2.63. The molecule has 0 aliphatic heterocycles. The maximum Gasteiger partial charge on any atom is 0.160 e. The number of hydrogen-bond donors (Lipinski definition) is 0. The number of benzene rings is 7. The van der Waals surface area contributed by atoms with Gasteiger partial charge < -0.3 is 0 Å². The molecule has 1 heterocycles. The second-order valence-corrected chi connectivity index (χ2v) is 13.6. The normalized spacial score (nSPS) is 12.6. The van der Waals surface area contributed by atoms with E-state index in [2.05, 4.69) is 121 Å². The van der Waals surface area contributed by atoms with E-state index < -0.39 is 5.41 Å². The molecule has 0 amide bonds. The van der Waals surface area contributed by atoms with Gasteiger partial charge in [-0.1, -0.05) is 133 Å². The summed E-state index contributed by atoms with van der Waals surface area (Å²) in [6, 6.07) is 63.3. The lowest BCUT2D eigenvalue weighted by Gasteiger charge is -2.30. The Bertz CT molecular complexity index is 2780. The van der Waals surface area contributed by atoms with Crippen molar-refractivity contribution in [3.05, 3.63) is 203 Å². The van der Waals surface area contributed by atoms with E-state index in [1.807, 2.05) is 42.5 Å². The van der Waals surface area contributed by atoms with Gasteiger partial charge in [-0.3, -0.25) is 0 Å². The van der Waals surface area contributed by atoms with Crippen molar-refractivity contribution in [2.75, 3.05) is 0 Å². The smallest absolute Gasteiger partial charge is 0.160 e. The van der Waals surface area contributed by atoms with Gasteiger partial charge in [0.1, 0.15) is 0 Å². The summed E-state index contributed by atoms with van der Waals surface area (Å²) in [5.41, 5.74) is 16.8. The highest BCUT2D eigenvalue weighted by atomic mass is 14.9. The molecule has 0 radical (unpaired) electrons. The van der Waals surface area contributed by atoms with Crippen molar-refractivity contribution in [2.45, 2.75) is 5.41 Å². The van der Waals surface area contributed by atoms with E-state index >= 15 is 0 Å². The minimum atomic E-state index is -0.422. The maximum absolute atomic E-state index is 9.71. The van der Waals surface area contributed by atoms with E-state index in [0.29, 0.717) is 28.2 Å². The highest BCUT2D eigenvalue weighted by Gasteiger charge is 2.51. The summed E-state index contributed by atoms with van der Waals surface area (Å²) < 4.78 is 0. The molecule has 0 bridgehead atoms. The zero-order valence-corrected chi connectivity index (χ0v) is 28.5. The number of hydrogen-bond acceptors (Lipinski definition) is 4. The topological polar surface area (TPSA) is 73.4 Å². The number of nitrogens with zero attached hydrogens (tertiary/aromatic N) is 4. The van der Waals surface area contributed by atoms with Crippen LogP contribution in [0.1, 0.15) is 33.4 Å². The van der Waals surface area contributed by atoms with Crippen LogP contribution >= 0.6 is 0 Å². The third-order valence-electron chi connectivity index (χ3n) is 10.7. The Morgan fingerprint density at radius 2 is 0.849 bits per heavy atom. The summed E-state index contributed by atoms with van der Waals surface area (Å²) in [6.07, 6.45) is 0. The van der Waals surface area contributed by atoms with Gasteiger partial charge in [-0.05, 0) is 92.0 Å². The largest absolute Gasteiger partial charge is 0.228 e. The van der Waals surface area contributed by atoms with Gasteiger partial charge in [0.15, 0.2) is 5.82 Å². The lowest BCUT2D eigenvalue weighted by molar-refractivity contribution is 0.794. The molecule has 8 aromatic rings. The Balaban J connectivity index is 1.15. The lowest BCUT2D eigenvalue weighted by atomic mass is 9.70. The Hall–Kier alpha value is -7.40. The summed E-state index contributed by atoms with van der Waals surface area (Å²) in [5.74, 6) is 0.563. The van der Waals surface area contributed by atoms with Crippen molar-refractivity contribution < 1.29 is 0 Å². The minimum absolute atomic E-state index is 0.409. The van der Waals surface area contributed by atoms with Gasteiger partial charge >= 0.3 is 0 Å². The Kier molecular flexibility index (Phi) is 6.80. The SMILES string of the molecule is N#Cc1cc(C#N)cc(-c2cc(-c3ccccc3)nc(-c3cccc(-c4ccc5c(c4)C4(c6ccccc6-c6ccccc64)c4ccccc4-5)c3)n2)c1. The predicted octanol–water partition coefficient (Wildman–Crippen LogP) is 11.2. The Morgan fingerprint density at radius 3 is 1.45 bits per heavy atom. The van der Waals surface area contributed by atoms with Crippen LogP contribution in [-0.4, -0.2) is 9.97 Å². The Labute approximate surface area is 307 Å². The third kappa shape index (κ3) is 4.60. The van der Waals surface area contributed by atoms with Crippen LogP contribution in [0.3, 0.4) is 0 Å². The average molecular weight is 673 g/mol. The molecule has 0 N–H and O–H groups in total. The van der Waals surface area contributed by atoms with Gasteiger partial charge in [-0.2, -0.15) is 10.5 Å². The molecule has 2 aliphatic rings. The van der Waals surface area contributed by atoms with Gasteiger partial charge in [0.2, 0.25) is 0 Å². The van der Waals surface area contributed by atoms with Crippen LogP contribution in [0.15, 0.2) is 170 Å². The summed E-state index contributed by atoms with van der Waals surface area (Å²) >= 11 is 0. The number of nitriles is 2. The summed E-state index contributed by atoms with van der Waals surface area (Å²) in [4.78, 5) is 10.1. The van der Waals surface area contributed by atoms with Crippen LogP contribution in [0, 0.1) is 22.7 Å². The van der Waals surface area contributed by atoms with Crippen molar-refractivity contribution in [3.63, 3.8) is 0 Å². The molecule has 0 fully saturated rings. The van der Waals surface area contributed by atoms with E-state index in [9.17, 15) is 10.5 Å². The monoisotopic (exact) mass is 672 g/mol. The summed E-state index contributed by atoms with van der Waals surface area (Å²) in [7, 11) is 0. The molecule has 4 heteroatoms. The first-order valence-electron chi connectivity index (χ1n) is 17.6. The van der Waals surface area contributed by atoms with E-state index in [4.69, 9.17) is 9.97 Å². The second kappa shape index (κ2) is 11.8. The highest BCUT2D eigenvalue weighted by molar-refractivity contribution is 5.96. The van der Waals surface area contributed by atoms with Crippen molar-refractivity contribution in [2.24, 2.45) is 0 Å². The van der Waals surface area contributed by atoms with E-state index in [-0.39, 0.29) is 0 Å². The molecular weight excluding hydrogens is 645 g/mol. The molecule has 2 aliphatic carbocycles. The average Bonchev–Trinajstić information content (AvgIpc) is 3.71. The first kappa shape index (κ1) is 30.4. The van der Waals surface area contributed by atoms with Crippen LogP contribution < -0.4 is 0 Å². The van der Waals surface area contributed by atoms with Crippen molar-refractivity contribution in [3.8, 4) is 79.4 Å². The molecule has 4 nitrogen and oxygen atoms in total. The van der Waals surface area contributed by atoms with Crippen molar-refractivity contribution in [1.82, 2.24) is 9.97 Å². The maximum atomic E-state index is 9.71. The summed E-state index contributed by atoms with van der Waals surface area (Å²) in [6.45, 7) is 0. The fourth-order valence-electron chi connectivity index (χ4n) is 8.50. The standard InChI is InChI=1S/C49H28N4/c50-29-31-23-32(30-51)25-37(24-31)47-28-46(33-11-2-1-3-12-33)52-48(53-47)36-14-10-13-34(26-36)35-21-22-41-40-17-6-9-20-44(40)49(45(41)27-35)42-18-7-4-15-38(42)39-16-5-8-19-43(39)49/h1-28H. The van der Waals surface area contributed by atoms with Crippen molar-refractivity contribution >= 4 is 0 Å². The van der Waals surface area contributed by atoms with E-state index in [1.54, 1.807) is 18.2 Å². The molecule has 1 spiro atoms. The fraction of sp³-hybridized carbons (Fsp3) is 0.0204. The molecule has 0 atom stereocenters. The quantitative estimate of drug-likeness (QED) is 0.186. The molecule has 10 rings (SSSR count). The zero-order valence-electron chi connectivity index (χ0n) is 28.5. The van der Waals surface area contributed by atoms with Gasteiger partial charge in [0.05, 0.1) is 40.1 Å². The van der Waals surface area contributed by atoms with Crippen LogP contribution in [0.25, 0.3) is 67.3 Å². The van der Waals surface area contributed by atoms with E-state index in [1.165, 1.54) is 44.5 Å². The van der Waals surface area contributed by atoms with Gasteiger partial charge in [0, 0.05) is 16.7 Å². The molecule has 0 unspecified atom stereocenters. The first-order chi connectivity index (χ1) is 26.1. The van der Waals surface area contributed by atoms with Gasteiger partial charge in [0.25, 0.3) is 0 Å². The molecular formula is C49H28N4. The molecule has 53 heavy (non-hydrogen) atoms. The summed E-state index contributed by atoms with van der Waals surface area (Å²) in [5, 5.41) is 19.4. The molecule has 0 saturated carbocycles. The van der Waals surface area contributed by atoms with E-state index in [0.717, 1.165) is 27.9 Å². The molecule has 0 saturated heterocycles. The zero-order chi connectivity index (χ0) is 35.5. The number of rotatable bonds is 4. The predicted molar refractivity (Wildman–Crippen MR) is 210 cm³/mol. The van der Waals surface area contributed by atoms with Crippen LogP contribution in [0.2, 0.25) is 0 Å². The second-order valence-electron chi connectivity index (χ2n) is 13.6.